The van der Waals surface area contributed by atoms with Gasteiger partial charge in [-0.25, -0.2) is 0 Å². The van der Waals surface area contributed by atoms with Gasteiger partial charge in [0.15, 0.2) is 5.75 Å². The summed E-state index contributed by atoms with van der Waals surface area (Å²) in [7, 11) is 0. The maximum Gasteiger partial charge on any atom is 0.293 e. The Labute approximate surface area is 182 Å². The van der Waals surface area contributed by atoms with E-state index in [2.05, 4.69) is 29.2 Å². The molecule has 2 heterocycles. The van der Waals surface area contributed by atoms with Crippen molar-refractivity contribution in [3.05, 3.63) is 99.5 Å². The minimum absolute atomic E-state index is 0.197. The number of hydrogen-bond acceptors (Lipinski definition) is 4. The summed E-state index contributed by atoms with van der Waals surface area (Å²) in [6.07, 6.45) is 5.85. The molecule has 0 saturated carbocycles. The van der Waals surface area contributed by atoms with Crippen LogP contribution >= 0.6 is 0 Å². The summed E-state index contributed by atoms with van der Waals surface area (Å²) in [5, 5.41) is 10.5. The lowest BCUT2D eigenvalue weighted by Gasteiger charge is -2.32. The minimum atomic E-state index is -0.419. The summed E-state index contributed by atoms with van der Waals surface area (Å²) in [6, 6.07) is 19.6. The molecule has 1 saturated heterocycles. The molecule has 5 nitrogen and oxygen atoms in total. The Bertz CT molecular complexity index is 1080. The van der Waals surface area contributed by atoms with Crippen molar-refractivity contribution in [1.29, 1.82) is 0 Å². The van der Waals surface area contributed by atoms with Crippen LogP contribution in [0.15, 0.2) is 71.7 Å². The molecule has 1 fully saturated rings. The zero-order valence-corrected chi connectivity index (χ0v) is 17.6. The Kier molecular flexibility index (Phi) is 6.63. The number of aromatic nitrogens is 1. The van der Waals surface area contributed by atoms with Gasteiger partial charge >= 0.3 is 0 Å². The van der Waals surface area contributed by atoms with Gasteiger partial charge in [0.05, 0.1) is 6.54 Å². The molecule has 5 heteroatoms. The second-order valence-electron chi connectivity index (χ2n) is 8.35. The van der Waals surface area contributed by atoms with E-state index in [1.807, 2.05) is 24.3 Å². The summed E-state index contributed by atoms with van der Waals surface area (Å²) in [5.74, 6) is 0.482. The zero-order valence-electron chi connectivity index (χ0n) is 17.6. The van der Waals surface area contributed by atoms with Crippen LogP contribution in [0.2, 0.25) is 0 Å². The molecule has 1 aliphatic rings. The van der Waals surface area contributed by atoms with Crippen LogP contribution in [0.5, 0.6) is 5.75 Å². The minimum Gasteiger partial charge on any atom is -0.503 e. The fourth-order valence-electron chi connectivity index (χ4n) is 4.37. The molecule has 0 unspecified atom stereocenters. The van der Waals surface area contributed by atoms with Crippen molar-refractivity contribution >= 4 is 6.29 Å². The molecule has 3 aromatic rings. The molecule has 2 aromatic carbocycles. The van der Waals surface area contributed by atoms with E-state index in [1.54, 1.807) is 18.3 Å². The summed E-state index contributed by atoms with van der Waals surface area (Å²) >= 11 is 0. The largest absolute Gasteiger partial charge is 0.503 e. The summed E-state index contributed by atoms with van der Waals surface area (Å²) in [4.78, 5) is 26.2. The van der Waals surface area contributed by atoms with Gasteiger partial charge in [-0.05, 0) is 55.5 Å². The number of carbonyl (C=O) groups excluding carboxylic acids is 1. The number of aldehydes is 1. The van der Waals surface area contributed by atoms with Gasteiger partial charge in [-0.2, -0.15) is 0 Å². The number of nitrogens with zero attached hydrogens (tertiary/aromatic N) is 2. The first-order valence-electron chi connectivity index (χ1n) is 10.8. The van der Waals surface area contributed by atoms with Crippen molar-refractivity contribution in [3.8, 4) is 5.75 Å². The third kappa shape index (κ3) is 5.12. The number of benzene rings is 2. The standard InChI is InChI=1S/C26H28N2O3/c29-19-24-9-5-4-8-22(24)18-28-15-12-23(25(30)26(28)31)17-27-13-10-21(11-14-27)16-20-6-2-1-3-7-20/h1-9,12,15,19,21,30H,10-11,13-14,16-18H2. The Morgan fingerprint density at radius 2 is 1.61 bits per heavy atom. The molecule has 0 atom stereocenters. The van der Waals surface area contributed by atoms with E-state index >= 15 is 0 Å². The Balaban J connectivity index is 1.38. The van der Waals surface area contributed by atoms with E-state index in [0.717, 1.165) is 44.2 Å². The number of carbonyl (C=O) groups is 1. The average molecular weight is 417 g/mol. The van der Waals surface area contributed by atoms with Gasteiger partial charge in [0, 0.05) is 23.9 Å². The third-order valence-electron chi connectivity index (χ3n) is 6.21. The number of likely N-dealkylation sites (tertiary alicyclic amines) is 1. The first kappa shape index (κ1) is 21.1. The second-order valence-corrected chi connectivity index (χ2v) is 8.35. The maximum absolute atomic E-state index is 12.7. The van der Waals surface area contributed by atoms with Crippen LogP contribution in [-0.4, -0.2) is 33.9 Å². The number of aromatic hydroxyl groups is 1. The van der Waals surface area contributed by atoms with Crippen molar-refractivity contribution in [1.82, 2.24) is 9.47 Å². The van der Waals surface area contributed by atoms with Gasteiger partial charge in [-0.15, -0.1) is 0 Å². The van der Waals surface area contributed by atoms with Crippen LogP contribution in [0, 0.1) is 5.92 Å². The fraction of sp³-hybridized carbons (Fsp3) is 0.308. The first-order chi connectivity index (χ1) is 15.1. The van der Waals surface area contributed by atoms with Gasteiger partial charge < -0.3 is 9.67 Å². The van der Waals surface area contributed by atoms with Crippen LogP contribution in [0.25, 0.3) is 0 Å². The molecule has 0 spiro atoms. The van der Waals surface area contributed by atoms with Gasteiger partial charge in [-0.3, -0.25) is 14.5 Å². The highest BCUT2D eigenvalue weighted by molar-refractivity contribution is 5.77. The third-order valence-corrected chi connectivity index (χ3v) is 6.21. The Morgan fingerprint density at radius 1 is 0.903 bits per heavy atom. The number of hydrogen-bond donors (Lipinski definition) is 1. The molecule has 1 N–H and O–H groups in total. The second kappa shape index (κ2) is 9.75. The van der Waals surface area contributed by atoms with Crippen LogP contribution < -0.4 is 5.56 Å². The van der Waals surface area contributed by atoms with Crippen molar-refractivity contribution in [2.45, 2.75) is 32.4 Å². The quantitative estimate of drug-likeness (QED) is 0.594. The van der Waals surface area contributed by atoms with Gasteiger partial charge in [0.25, 0.3) is 5.56 Å². The van der Waals surface area contributed by atoms with E-state index in [-0.39, 0.29) is 12.3 Å². The SMILES string of the molecule is O=Cc1ccccc1Cn1ccc(CN2CCC(Cc3ccccc3)CC2)c(O)c1=O. The van der Waals surface area contributed by atoms with Crippen molar-refractivity contribution < 1.29 is 9.90 Å². The van der Waals surface area contributed by atoms with Crippen molar-refractivity contribution in [2.24, 2.45) is 5.92 Å². The van der Waals surface area contributed by atoms with Crippen molar-refractivity contribution in [2.75, 3.05) is 13.1 Å². The molecule has 4 rings (SSSR count). The van der Waals surface area contributed by atoms with Crippen LogP contribution in [0.4, 0.5) is 0 Å². The summed E-state index contributed by atoms with van der Waals surface area (Å²) < 4.78 is 1.45. The van der Waals surface area contributed by atoms with Crippen LogP contribution in [0.1, 0.15) is 39.9 Å². The number of rotatable bonds is 7. The topological polar surface area (TPSA) is 62.5 Å². The number of pyridine rings is 1. The lowest BCUT2D eigenvalue weighted by Crippen LogP contribution is -2.34. The molecule has 0 bridgehead atoms. The molecule has 0 radical (unpaired) electrons. The predicted octanol–water partition coefficient (Wildman–Crippen LogP) is 3.87. The van der Waals surface area contributed by atoms with E-state index in [4.69, 9.17) is 0 Å². The fourth-order valence-corrected chi connectivity index (χ4v) is 4.37. The van der Waals surface area contributed by atoms with E-state index in [9.17, 15) is 14.7 Å². The Hall–Kier alpha value is -3.18. The van der Waals surface area contributed by atoms with Crippen molar-refractivity contribution in [3.63, 3.8) is 0 Å². The molecule has 1 aliphatic heterocycles. The lowest BCUT2D eigenvalue weighted by molar-refractivity contribution is 0.112. The van der Waals surface area contributed by atoms with Gasteiger partial charge in [0.2, 0.25) is 0 Å². The van der Waals surface area contributed by atoms with E-state index < -0.39 is 5.56 Å². The van der Waals surface area contributed by atoms with Gasteiger partial charge in [-0.1, -0.05) is 54.6 Å². The predicted molar refractivity (Wildman–Crippen MR) is 121 cm³/mol. The summed E-state index contributed by atoms with van der Waals surface area (Å²) in [5.41, 5.74) is 2.94. The summed E-state index contributed by atoms with van der Waals surface area (Å²) in [6.45, 7) is 2.76. The Morgan fingerprint density at radius 3 is 2.35 bits per heavy atom. The highest BCUT2D eigenvalue weighted by Gasteiger charge is 2.21. The monoisotopic (exact) mass is 416 g/mol. The molecule has 0 aliphatic carbocycles. The van der Waals surface area contributed by atoms with E-state index in [1.165, 1.54) is 10.1 Å². The molecular formula is C26H28N2O3. The molecule has 0 amide bonds. The molecule has 1 aromatic heterocycles. The van der Waals surface area contributed by atoms with E-state index in [0.29, 0.717) is 23.6 Å². The van der Waals surface area contributed by atoms with Gasteiger partial charge in [0.1, 0.15) is 6.29 Å². The van der Waals surface area contributed by atoms with Crippen LogP contribution in [-0.2, 0) is 19.5 Å². The molecular weight excluding hydrogens is 388 g/mol. The normalized spacial score (nSPS) is 15.1. The molecule has 160 valence electrons. The zero-order chi connectivity index (χ0) is 21.6. The molecule has 31 heavy (non-hydrogen) atoms. The average Bonchev–Trinajstić information content (AvgIpc) is 2.81. The highest BCUT2D eigenvalue weighted by Crippen LogP contribution is 2.24. The van der Waals surface area contributed by atoms with Crippen LogP contribution in [0.3, 0.4) is 0 Å². The highest BCUT2D eigenvalue weighted by atomic mass is 16.3. The number of piperidine rings is 1. The lowest BCUT2D eigenvalue weighted by atomic mass is 9.90. The smallest absolute Gasteiger partial charge is 0.293 e. The first-order valence-corrected chi connectivity index (χ1v) is 10.8. The maximum atomic E-state index is 12.7.